The fourth-order valence-corrected chi connectivity index (χ4v) is 2.83. The quantitative estimate of drug-likeness (QED) is 0.599. The molecule has 2 amide bonds. The molecule has 0 aromatic rings. The first-order chi connectivity index (χ1) is 9.93. The molecule has 0 radical (unpaired) electrons. The summed E-state index contributed by atoms with van der Waals surface area (Å²) in [6.45, 7) is 5.25. The van der Waals surface area contributed by atoms with Crippen molar-refractivity contribution >= 4 is 12.0 Å². The minimum Gasteiger partial charge on any atom is -0.481 e. The van der Waals surface area contributed by atoms with E-state index in [1.54, 1.807) is 0 Å². The summed E-state index contributed by atoms with van der Waals surface area (Å²) in [7, 11) is 0. The van der Waals surface area contributed by atoms with Gasteiger partial charge in [-0.2, -0.15) is 0 Å². The fourth-order valence-electron chi connectivity index (χ4n) is 2.83. The third-order valence-electron chi connectivity index (χ3n) is 3.90. The summed E-state index contributed by atoms with van der Waals surface area (Å²) in [6, 6.07) is -0.252. The fraction of sp³-hybridized carbons (Fsp3) is 0.867. The molecule has 1 aliphatic carbocycles. The summed E-state index contributed by atoms with van der Waals surface area (Å²) in [6.07, 6.45) is 5.25. The van der Waals surface area contributed by atoms with Crippen LogP contribution in [0.3, 0.4) is 0 Å². The van der Waals surface area contributed by atoms with Gasteiger partial charge in [-0.3, -0.25) is 4.79 Å². The Hall–Kier alpha value is -1.30. The van der Waals surface area contributed by atoms with E-state index in [1.165, 1.54) is 0 Å². The number of rotatable bonds is 8. The summed E-state index contributed by atoms with van der Waals surface area (Å²) < 4.78 is 5.34. The maximum atomic E-state index is 11.7. The maximum Gasteiger partial charge on any atom is 0.314 e. The summed E-state index contributed by atoms with van der Waals surface area (Å²) in [5, 5.41) is 14.6. The summed E-state index contributed by atoms with van der Waals surface area (Å²) in [5.74, 6) is -0.788. The average Bonchev–Trinajstić information content (AvgIpc) is 2.41. The van der Waals surface area contributed by atoms with Crippen molar-refractivity contribution in [3.8, 4) is 0 Å². The van der Waals surface area contributed by atoms with Crippen molar-refractivity contribution in [3.63, 3.8) is 0 Å². The van der Waals surface area contributed by atoms with Gasteiger partial charge in [-0.05, 0) is 32.1 Å². The lowest BCUT2D eigenvalue weighted by Crippen LogP contribution is -2.45. The number of nitrogens with one attached hydrogen (secondary N) is 2. The van der Waals surface area contributed by atoms with Gasteiger partial charge in [0.1, 0.15) is 0 Å². The van der Waals surface area contributed by atoms with Gasteiger partial charge in [-0.1, -0.05) is 19.3 Å². The zero-order valence-electron chi connectivity index (χ0n) is 13.1. The molecule has 1 saturated carbocycles. The summed E-state index contributed by atoms with van der Waals surface area (Å²) in [5.41, 5.74) is -0.282. The molecule has 0 bridgehead atoms. The molecule has 1 aliphatic rings. The number of carboxylic acids is 1. The third-order valence-corrected chi connectivity index (χ3v) is 3.90. The van der Waals surface area contributed by atoms with Crippen molar-refractivity contribution in [1.82, 2.24) is 10.6 Å². The number of carboxylic acid groups (broad SMARTS) is 1. The van der Waals surface area contributed by atoms with E-state index in [0.29, 0.717) is 19.7 Å². The average molecular weight is 300 g/mol. The highest BCUT2D eigenvalue weighted by molar-refractivity contribution is 5.74. The first kappa shape index (κ1) is 17.8. The van der Waals surface area contributed by atoms with Gasteiger partial charge >= 0.3 is 12.0 Å². The standard InChI is InChI=1S/C15H28N2O4/c1-12(2)21-9-8-16-14(20)17-11-15(10-13(18)19)6-4-3-5-7-15/h12H,3-11H2,1-2H3,(H,18,19)(H2,16,17,20). The molecule has 1 fully saturated rings. The number of urea groups is 1. The zero-order valence-corrected chi connectivity index (χ0v) is 13.1. The van der Waals surface area contributed by atoms with E-state index in [4.69, 9.17) is 9.84 Å². The predicted molar refractivity (Wildman–Crippen MR) is 80.3 cm³/mol. The van der Waals surface area contributed by atoms with Gasteiger partial charge in [-0.15, -0.1) is 0 Å². The molecule has 21 heavy (non-hydrogen) atoms. The SMILES string of the molecule is CC(C)OCCNC(=O)NCC1(CC(=O)O)CCCCC1. The Kier molecular flexibility index (Phi) is 7.50. The molecule has 3 N–H and O–H groups in total. The van der Waals surface area contributed by atoms with Crippen molar-refractivity contribution in [2.75, 3.05) is 19.7 Å². The van der Waals surface area contributed by atoms with Crippen LogP contribution in [0.15, 0.2) is 0 Å². The summed E-state index contributed by atoms with van der Waals surface area (Å²) >= 11 is 0. The molecule has 0 saturated heterocycles. The van der Waals surface area contributed by atoms with Crippen LogP contribution in [0, 0.1) is 5.41 Å². The van der Waals surface area contributed by atoms with Crippen LogP contribution < -0.4 is 10.6 Å². The molecule has 0 aliphatic heterocycles. The van der Waals surface area contributed by atoms with Crippen LogP contribution in [0.5, 0.6) is 0 Å². The summed E-state index contributed by atoms with van der Waals surface area (Å²) in [4.78, 5) is 22.8. The number of carbonyl (C=O) groups excluding carboxylic acids is 1. The second-order valence-electron chi connectivity index (χ2n) is 6.16. The Labute approximate surface area is 126 Å². The van der Waals surface area contributed by atoms with Crippen LogP contribution in [0.4, 0.5) is 4.79 Å². The largest absolute Gasteiger partial charge is 0.481 e. The number of aliphatic carboxylic acids is 1. The monoisotopic (exact) mass is 300 g/mol. The van der Waals surface area contributed by atoms with Crippen molar-refractivity contribution in [3.05, 3.63) is 0 Å². The lowest BCUT2D eigenvalue weighted by Gasteiger charge is -2.36. The number of amides is 2. The van der Waals surface area contributed by atoms with Gasteiger partial charge in [0.2, 0.25) is 0 Å². The van der Waals surface area contributed by atoms with Crippen molar-refractivity contribution in [2.45, 2.75) is 58.5 Å². The lowest BCUT2D eigenvalue weighted by atomic mass is 9.72. The Morgan fingerprint density at radius 2 is 1.86 bits per heavy atom. The number of hydrogen-bond acceptors (Lipinski definition) is 3. The molecule has 6 nitrogen and oxygen atoms in total. The van der Waals surface area contributed by atoms with Gasteiger partial charge < -0.3 is 20.5 Å². The Morgan fingerprint density at radius 3 is 2.43 bits per heavy atom. The second kappa shape index (κ2) is 8.87. The molecule has 6 heteroatoms. The normalized spacial score (nSPS) is 17.5. The Bertz CT molecular complexity index is 339. The number of carbonyl (C=O) groups is 2. The third kappa shape index (κ3) is 7.32. The van der Waals surface area contributed by atoms with Gasteiger partial charge in [0.25, 0.3) is 0 Å². The molecule has 122 valence electrons. The number of hydrogen-bond donors (Lipinski definition) is 3. The minimum atomic E-state index is -0.788. The highest BCUT2D eigenvalue weighted by atomic mass is 16.5. The van der Waals surface area contributed by atoms with Crippen LogP contribution in [-0.4, -0.2) is 42.9 Å². The van der Waals surface area contributed by atoms with Gasteiger partial charge in [-0.25, -0.2) is 4.79 Å². The lowest BCUT2D eigenvalue weighted by molar-refractivity contribution is -0.140. The van der Waals surface area contributed by atoms with Crippen molar-refractivity contribution < 1.29 is 19.4 Å². The zero-order chi connectivity index (χ0) is 15.7. The van der Waals surface area contributed by atoms with E-state index >= 15 is 0 Å². The Balaban J connectivity index is 2.31. The van der Waals surface area contributed by atoms with Crippen LogP contribution >= 0.6 is 0 Å². The van der Waals surface area contributed by atoms with E-state index < -0.39 is 5.97 Å². The Morgan fingerprint density at radius 1 is 1.19 bits per heavy atom. The molecule has 0 unspecified atom stereocenters. The first-order valence-corrected chi connectivity index (χ1v) is 7.79. The van der Waals surface area contributed by atoms with E-state index in [9.17, 15) is 9.59 Å². The number of ether oxygens (including phenoxy) is 1. The predicted octanol–water partition coefficient (Wildman–Crippen LogP) is 2.14. The van der Waals surface area contributed by atoms with Gasteiger partial charge in [0.05, 0.1) is 19.1 Å². The molecule has 0 heterocycles. The molecule has 1 rings (SSSR count). The van der Waals surface area contributed by atoms with Gasteiger partial charge in [0, 0.05) is 13.1 Å². The second-order valence-corrected chi connectivity index (χ2v) is 6.16. The topological polar surface area (TPSA) is 87.7 Å². The van der Waals surface area contributed by atoms with Crippen LogP contribution in [-0.2, 0) is 9.53 Å². The molecule has 0 atom stereocenters. The molecular weight excluding hydrogens is 272 g/mol. The van der Waals surface area contributed by atoms with Crippen LogP contribution in [0.1, 0.15) is 52.4 Å². The minimum absolute atomic E-state index is 0.129. The van der Waals surface area contributed by atoms with E-state index in [1.807, 2.05) is 13.8 Å². The molecule has 0 spiro atoms. The highest BCUT2D eigenvalue weighted by Crippen LogP contribution is 2.38. The molecule has 0 aromatic carbocycles. The van der Waals surface area contributed by atoms with E-state index in [2.05, 4.69) is 10.6 Å². The molecular formula is C15H28N2O4. The first-order valence-electron chi connectivity index (χ1n) is 7.79. The maximum absolute atomic E-state index is 11.7. The smallest absolute Gasteiger partial charge is 0.314 e. The van der Waals surface area contributed by atoms with E-state index in [-0.39, 0.29) is 24.0 Å². The van der Waals surface area contributed by atoms with Crippen LogP contribution in [0.2, 0.25) is 0 Å². The highest BCUT2D eigenvalue weighted by Gasteiger charge is 2.34. The van der Waals surface area contributed by atoms with Gasteiger partial charge in [0.15, 0.2) is 0 Å². The van der Waals surface area contributed by atoms with Crippen molar-refractivity contribution in [2.24, 2.45) is 5.41 Å². The molecule has 0 aromatic heterocycles. The van der Waals surface area contributed by atoms with Crippen molar-refractivity contribution in [1.29, 1.82) is 0 Å². The van der Waals surface area contributed by atoms with Crippen LogP contribution in [0.25, 0.3) is 0 Å². The van der Waals surface area contributed by atoms with E-state index in [0.717, 1.165) is 32.1 Å².